The summed E-state index contributed by atoms with van der Waals surface area (Å²) in [6, 6.07) is 4.57. The van der Waals surface area contributed by atoms with Gasteiger partial charge in [-0.15, -0.1) is 0 Å². The maximum Gasteiger partial charge on any atom is 0.244 e. The van der Waals surface area contributed by atoms with Crippen LogP contribution in [0.15, 0.2) is 23.1 Å². The van der Waals surface area contributed by atoms with Gasteiger partial charge in [0.15, 0.2) is 0 Å². The van der Waals surface area contributed by atoms with E-state index in [4.69, 9.17) is 10.5 Å². The number of anilines is 1. The van der Waals surface area contributed by atoms with Gasteiger partial charge in [-0.25, -0.2) is 13.1 Å². The lowest BCUT2D eigenvalue weighted by atomic mass is 10.2. The van der Waals surface area contributed by atoms with Crippen molar-refractivity contribution in [2.24, 2.45) is 0 Å². The quantitative estimate of drug-likeness (QED) is 0.823. The molecule has 0 bridgehead atoms. The first-order chi connectivity index (χ1) is 9.03. The SMILES string of the molecule is COc1cc(N)ccc1S(=O)(=O)NC1CCSCC1. The van der Waals surface area contributed by atoms with Crippen LogP contribution in [0.4, 0.5) is 5.69 Å². The number of hydrogen-bond acceptors (Lipinski definition) is 5. The number of hydrogen-bond donors (Lipinski definition) is 2. The summed E-state index contributed by atoms with van der Waals surface area (Å²) in [6.45, 7) is 0. The van der Waals surface area contributed by atoms with E-state index in [0.29, 0.717) is 5.69 Å². The first-order valence-corrected chi connectivity index (χ1v) is 8.70. The van der Waals surface area contributed by atoms with Crippen LogP contribution in [0.5, 0.6) is 5.75 Å². The second kappa shape index (κ2) is 6.02. The number of nitrogens with two attached hydrogens (primary N) is 1. The molecule has 3 N–H and O–H groups in total. The smallest absolute Gasteiger partial charge is 0.244 e. The van der Waals surface area contributed by atoms with Crippen LogP contribution in [-0.2, 0) is 10.0 Å². The molecular formula is C12H18N2O3S2. The van der Waals surface area contributed by atoms with Crippen LogP contribution in [0.1, 0.15) is 12.8 Å². The van der Waals surface area contributed by atoms with Gasteiger partial charge in [-0.3, -0.25) is 0 Å². The summed E-state index contributed by atoms with van der Waals surface area (Å²) in [5.41, 5.74) is 6.11. The molecule has 7 heteroatoms. The highest BCUT2D eigenvalue weighted by molar-refractivity contribution is 7.99. The highest BCUT2D eigenvalue weighted by Crippen LogP contribution is 2.27. The average molecular weight is 302 g/mol. The van der Waals surface area contributed by atoms with Crippen molar-refractivity contribution in [3.8, 4) is 5.75 Å². The van der Waals surface area contributed by atoms with E-state index in [1.807, 2.05) is 11.8 Å². The third kappa shape index (κ3) is 3.55. The molecule has 2 rings (SSSR count). The monoisotopic (exact) mass is 302 g/mol. The van der Waals surface area contributed by atoms with Crippen molar-refractivity contribution < 1.29 is 13.2 Å². The average Bonchev–Trinajstić information content (AvgIpc) is 2.38. The number of rotatable bonds is 4. The van der Waals surface area contributed by atoms with Crippen LogP contribution in [-0.4, -0.2) is 33.1 Å². The lowest BCUT2D eigenvalue weighted by Gasteiger charge is -2.22. The number of sulfonamides is 1. The first-order valence-electron chi connectivity index (χ1n) is 6.06. The Balaban J connectivity index is 2.23. The molecule has 1 saturated heterocycles. The second-order valence-electron chi connectivity index (χ2n) is 4.42. The van der Waals surface area contributed by atoms with Crippen LogP contribution in [0, 0.1) is 0 Å². The second-order valence-corrected chi connectivity index (χ2v) is 7.33. The molecule has 0 radical (unpaired) electrons. The van der Waals surface area contributed by atoms with Crippen molar-refractivity contribution in [1.82, 2.24) is 4.72 Å². The molecule has 19 heavy (non-hydrogen) atoms. The fourth-order valence-electron chi connectivity index (χ4n) is 2.00. The van der Waals surface area contributed by atoms with Crippen LogP contribution < -0.4 is 15.2 Å². The molecule has 1 fully saturated rings. The van der Waals surface area contributed by atoms with Crippen molar-refractivity contribution in [1.29, 1.82) is 0 Å². The Hall–Kier alpha value is -0.920. The summed E-state index contributed by atoms with van der Waals surface area (Å²) in [5.74, 6) is 2.26. The minimum Gasteiger partial charge on any atom is -0.495 e. The zero-order valence-corrected chi connectivity index (χ0v) is 12.4. The Morgan fingerprint density at radius 1 is 1.37 bits per heavy atom. The standard InChI is InChI=1S/C12H18N2O3S2/c1-17-11-8-9(13)2-3-12(11)19(15,16)14-10-4-6-18-7-5-10/h2-3,8,10,14H,4-7,13H2,1H3. The van der Waals surface area contributed by atoms with E-state index in [2.05, 4.69) is 4.72 Å². The number of methoxy groups -OCH3 is 1. The number of benzene rings is 1. The van der Waals surface area contributed by atoms with Crippen LogP contribution in [0.3, 0.4) is 0 Å². The predicted octanol–water partition coefficient (Wildman–Crippen LogP) is 1.45. The third-order valence-electron chi connectivity index (χ3n) is 3.02. The molecule has 1 aliphatic heterocycles. The fraction of sp³-hybridized carbons (Fsp3) is 0.500. The molecule has 0 spiro atoms. The summed E-state index contributed by atoms with van der Waals surface area (Å²) in [5, 5.41) is 0. The predicted molar refractivity (Wildman–Crippen MR) is 78.1 cm³/mol. The van der Waals surface area contributed by atoms with E-state index >= 15 is 0 Å². The van der Waals surface area contributed by atoms with Crippen molar-refractivity contribution in [2.45, 2.75) is 23.8 Å². The number of ether oxygens (including phenoxy) is 1. The van der Waals surface area contributed by atoms with Crippen LogP contribution in [0.25, 0.3) is 0 Å². The molecule has 0 atom stereocenters. The van der Waals surface area contributed by atoms with Crippen molar-refractivity contribution >= 4 is 27.5 Å². The first kappa shape index (κ1) is 14.5. The van der Waals surface area contributed by atoms with Crippen molar-refractivity contribution in [3.63, 3.8) is 0 Å². The summed E-state index contributed by atoms with van der Waals surface area (Å²) in [7, 11) is -2.12. The molecule has 0 amide bonds. The zero-order chi connectivity index (χ0) is 13.9. The topological polar surface area (TPSA) is 81.4 Å². The highest BCUT2D eigenvalue weighted by Gasteiger charge is 2.24. The van der Waals surface area contributed by atoms with Gasteiger partial charge in [-0.2, -0.15) is 11.8 Å². The minimum atomic E-state index is -3.56. The molecule has 5 nitrogen and oxygen atoms in total. The van der Waals surface area contributed by atoms with Gasteiger partial charge in [0.05, 0.1) is 7.11 Å². The Labute approximate surface area is 118 Å². The van der Waals surface area contributed by atoms with E-state index in [1.165, 1.54) is 19.2 Å². The Morgan fingerprint density at radius 2 is 2.05 bits per heavy atom. The van der Waals surface area contributed by atoms with Gasteiger partial charge in [-0.05, 0) is 36.5 Å². The zero-order valence-electron chi connectivity index (χ0n) is 10.8. The van der Waals surface area contributed by atoms with E-state index in [9.17, 15) is 8.42 Å². The molecule has 1 aromatic carbocycles. The molecule has 1 heterocycles. The van der Waals surface area contributed by atoms with Gasteiger partial charge in [0.2, 0.25) is 10.0 Å². The van der Waals surface area contributed by atoms with E-state index in [1.54, 1.807) is 6.07 Å². The minimum absolute atomic E-state index is 0.00788. The van der Waals surface area contributed by atoms with Gasteiger partial charge in [0, 0.05) is 17.8 Å². The Morgan fingerprint density at radius 3 is 2.68 bits per heavy atom. The van der Waals surface area contributed by atoms with Crippen LogP contribution in [0.2, 0.25) is 0 Å². The molecule has 106 valence electrons. The summed E-state index contributed by atoms with van der Waals surface area (Å²) in [4.78, 5) is 0.141. The maximum atomic E-state index is 12.4. The van der Waals surface area contributed by atoms with Crippen molar-refractivity contribution in [3.05, 3.63) is 18.2 Å². The van der Waals surface area contributed by atoms with E-state index in [0.717, 1.165) is 24.3 Å². The number of nitrogens with one attached hydrogen (secondary N) is 1. The molecule has 1 aromatic rings. The van der Waals surface area contributed by atoms with Crippen molar-refractivity contribution in [2.75, 3.05) is 24.3 Å². The Bertz CT molecular complexity index is 540. The lowest BCUT2D eigenvalue weighted by molar-refractivity contribution is 0.402. The molecule has 0 aromatic heterocycles. The summed E-state index contributed by atoms with van der Waals surface area (Å²) in [6.07, 6.45) is 1.72. The molecule has 0 aliphatic carbocycles. The summed E-state index contributed by atoms with van der Waals surface area (Å²) < 4.78 is 32.5. The molecular weight excluding hydrogens is 284 g/mol. The van der Waals surface area contributed by atoms with Gasteiger partial charge >= 0.3 is 0 Å². The molecule has 0 unspecified atom stereocenters. The largest absolute Gasteiger partial charge is 0.495 e. The van der Waals surface area contributed by atoms with Gasteiger partial charge in [-0.1, -0.05) is 0 Å². The van der Waals surface area contributed by atoms with Gasteiger partial charge in [0.25, 0.3) is 0 Å². The van der Waals surface area contributed by atoms with Gasteiger partial charge in [0.1, 0.15) is 10.6 Å². The summed E-state index contributed by atoms with van der Waals surface area (Å²) >= 11 is 1.85. The normalized spacial score (nSPS) is 17.3. The van der Waals surface area contributed by atoms with Gasteiger partial charge < -0.3 is 10.5 Å². The number of thioether (sulfide) groups is 1. The van der Waals surface area contributed by atoms with E-state index < -0.39 is 10.0 Å². The van der Waals surface area contributed by atoms with E-state index in [-0.39, 0.29) is 16.7 Å². The Kier molecular flexibility index (Phi) is 4.59. The fourth-order valence-corrected chi connectivity index (χ4v) is 4.57. The molecule has 0 saturated carbocycles. The third-order valence-corrected chi connectivity index (χ3v) is 5.63. The van der Waals surface area contributed by atoms with Crippen LogP contribution >= 0.6 is 11.8 Å². The molecule has 1 aliphatic rings. The maximum absolute atomic E-state index is 12.4. The number of nitrogen functional groups attached to an aromatic ring is 1. The highest BCUT2D eigenvalue weighted by atomic mass is 32.2. The lowest BCUT2D eigenvalue weighted by Crippen LogP contribution is -2.37.